The summed E-state index contributed by atoms with van der Waals surface area (Å²) in [5, 5.41) is 3.87. The summed E-state index contributed by atoms with van der Waals surface area (Å²) in [5.74, 6) is 0.346. The monoisotopic (exact) mass is 381 g/mol. The zero-order chi connectivity index (χ0) is 18.1. The number of hydrazone groups is 1. The van der Waals surface area contributed by atoms with Crippen LogP contribution >= 0.6 is 23.2 Å². The highest BCUT2D eigenvalue weighted by atomic mass is 35.5. The molecule has 25 heavy (non-hydrogen) atoms. The van der Waals surface area contributed by atoms with Crippen LogP contribution in [0.5, 0.6) is 0 Å². The SMILES string of the molecule is O=C(N/N=C/c1ccc(F)cc1)c1ccc(N(CCCl)CCCl)cc1. The second-order valence-electron chi connectivity index (χ2n) is 5.16. The Morgan fingerprint density at radius 3 is 2.20 bits per heavy atom. The van der Waals surface area contributed by atoms with Crippen molar-refractivity contribution in [3.63, 3.8) is 0 Å². The number of halogens is 3. The average molecular weight is 382 g/mol. The molecule has 0 unspecified atom stereocenters. The van der Waals surface area contributed by atoms with Gasteiger partial charge in [-0.2, -0.15) is 5.10 Å². The number of alkyl halides is 2. The molecule has 0 spiro atoms. The van der Waals surface area contributed by atoms with Crippen LogP contribution in [0.4, 0.5) is 10.1 Å². The Labute approximate surface area is 156 Å². The zero-order valence-electron chi connectivity index (χ0n) is 13.5. The molecule has 1 N–H and O–H groups in total. The normalized spacial score (nSPS) is 10.8. The van der Waals surface area contributed by atoms with Crippen molar-refractivity contribution in [1.29, 1.82) is 0 Å². The molecule has 0 bridgehead atoms. The summed E-state index contributed by atoms with van der Waals surface area (Å²) in [5.41, 5.74) is 4.57. The first-order valence-corrected chi connectivity index (χ1v) is 8.77. The summed E-state index contributed by atoms with van der Waals surface area (Å²) < 4.78 is 12.8. The van der Waals surface area contributed by atoms with Crippen molar-refractivity contribution in [2.75, 3.05) is 29.7 Å². The first-order valence-electron chi connectivity index (χ1n) is 7.70. The molecule has 0 radical (unpaired) electrons. The summed E-state index contributed by atoms with van der Waals surface area (Å²) in [6.45, 7) is 1.36. The first kappa shape index (κ1) is 19.2. The first-order chi connectivity index (χ1) is 12.1. The maximum atomic E-state index is 12.8. The maximum absolute atomic E-state index is 12.8. The van der Waals surface area contributed by atoms with Crippen molar-refractivity contribution in [2.45, 2.75) is 0 Å². The topological polar surface area (TPSA) is 44.7 Å². The van der Waals surface area contributed by atoms with Gasteiger partial charge >= 0.3 is 0 Å². The molecule has 0 fully saturated rings. The number of nitrogens with one attached hydrogen (secondary N) is 1. The van der Waals surface area contributed by atoms with Gasteiger partial charge in [0.1, 0.15) is 5.82 Å². The van der Waals surface area contributed by atoms with E-state index < -0.39 is 0 Å². The van der Waals surface area contributed by atoms with E-state index in [0.717, 1.165) is 5.69 Å². The fourth-order valence-corrected chi connectivity index (χ4v) is 2.58. The zero-order valence-corrected chi connectivity index (χ0v) is 15.0. The molecule has 2 rings (SSSR count). The van der Waals surface area contributed by atoms with Gasteiger partial charge in [0, 0.05) is 36.1 Å². The Balaban J connectivity index is 1.96. The highest BCUT2D eigenvalue weighted by Gasteiger charge is 2.08. The molecule has 7 heteroatoms. The van der Waals surface area contributed by atoms with Crippen LogP contribution in [0.15, 0.2) is 53.6 Å². The molecular weight excluding hydrogens is 364 g/mol. The lowest BCUT2D eigenvalue weighted by Crippen LogP contribution is -2.27. The number of amides is 1. The summed E-state index contributed by atoms with van der Waals surface area (Å²) in [6, 6.07) is 12.9. The Morgan fingerprint density at radius 1 is 1.04 bits per heavy atom. The van der Waals surface area contributed by atoms with Crippen LogP contribution in [0.3, 0.4) is 0 Å². The lowest BCUT2D eigenvalue weighted by atomic mass is 10.2. The van der Waals surface area contributed by atoms with Crippen LogP contribution in [0, 0.1) is 5.82 Å². The third kappa shape index (κ3) is 6.03. The van der Waals surface area contributed by atoms with Gasteiger partial charge in [-0.3, -0.25) is 4.79 Å². The Bertz CT molecular complexity index is 699. The van der Waals surface area contributed by atoms with Gasteiger partial charge in [0.15, 0.2) is 0 Å². The standard InChI is InChI=1S/C18H18Cl2FN3O/c19-9-11-24(12-10-20)17-7-3-15(4-8-17)18(25)23-22-13-14-1-5-16(21)6-2-14/h1-8,13H,9-12H2,(H,23,25)/b22-13+. The molecule has 0 aliphatic rings. The molecule has 0 heterocycles. The van der Waals surface area contributed by atoms with Gasteiger partial charge in [0.25, 0.3) is 5.91 Å². The van der Waals surface area contributed by atoms with Crippen molar-refractivity contribution >= 4 is 41.0 Å². The van der Waals surface area contributed by atoms with Crippen molar-refractivity contribution in [3.8, 4) is 0 Å². The molecule has 4 nitrogen and oxygen atoms in total. The van der Waals surface area contributed by atoms with E-state index in [0.29, 0.717) is 36.0 Å². The molecule has 2 aromatic rings. The lowest BCUT2D eigenvalue weighted by Gasteiger charge is -2.22. The number of anilines is 1. The minimum Gasteiger partial charge on any atom is -0.369 e. The predicted molar refractivity (Wildman–Crippen MR) is 102 cm³/mol. The molecular formula is C18H18Cl2FN3O. The number of carbonyl (C=O) groups excluding carboxylic acids is 1. The van der Waals surface area contributed by atoms with E-state index in [4.69, 9.17) is 23.2 Å². The molecule has 0 saturated heterocycles. The second kappa shape index (κ2) is 10.0. The van der Waals surface area contributed by atoms with E-state index in [1.54, 1.807) is 24.3 Å². The summed E-state index contributed by atoms with van der Waals surface area (Å²) in [7, 11) is 0. The number of hydrogen-bond acceptors (Lipinski definition) is 3. The van der Waals surface area contributed by atoms with Crippen LogP contribution in [0.1, 0.15) is 15.9 Å². The number of benzene rings is 2. The van der Waals surface area contributed by atoms with E-state index in [2.05, 4.69) is 10.5 Å². The lowest BCUT2D eigenvalue weighted by molar-refractivity contribution is 0.0955. The molecule has 132 valence electrons. The summed E-state index contributed by atoms with van der Waals surface area (Å²) >= 11 is 11.6. The van der Waals surface area contributed by atoms with E-state index >= 15 is 0 Å². The molecule has 0 aromatic heterocycles. The quantitative estimate of drug-likeness (QED) is 0.428. The third-order valence-electron chi connectivity index (χ3n) is 3.45. The molecule has 0 saturated carbocycles. The molecule has 1 amide bonds. The minimum atomic E-state index is -0.328. The number of nitrogens with zero attached hydrogens (tertiary/aromatic N) is 2. The summed E-state index contributed by atoms with van der Waals surface area (Å²) in [6.07, 6.45) is 1.45. The van der Waals surface area contributed by atoms with Crippen molar-refractivity contribution < 1.29 is 9.18 Å². The average Bonchev–Trinajstić information content (AvgIpc) is 2.63. The van der Waals surface area contributed by atoms with Crippen molar-refractivity contribution in [2.24, 2.45) is 5.10 Å². The Morgan fingerprint density at radius 2 is 1.64 bits per heavy atom. The van der Waals surface area contributed by atoms with Crippen LogP contribution in [-0.2, 0) is 0 Å². The fraction of sp³-hybridized carbons (Fsp3) is 0.222. The molecule has 2 aromatic carbocycles. The van der Waals surface area contributed by atoms with Gasteiger partial charge in [-0.25, -0.2) is 9.82 Å². The van der Waals surface area contributed by atoms with E-state index in [1.165, 1.54) is 18.3 Å². The van der Waals surface area contributed by atoms with Gasteiger partial charge < -0.3 is 4.90 Å². The highest BCUT2D eigenvalue weighted by Crippen LogP contribution is 2.15. The van der Waals surface area contributed by atoms with Gasteiger partial charge in [-0.05, 0) is 42.0 Å². The van der Waals surface area contributed by atoms with Crippen LogP contribution in [0.25, 0.3) is 0 Å². The number of rotatable bonds is 8. The second-order valence-corrected chi connectivity index (χ2v) is 5.92. The fourth-order valence-electron chi connectivity index (χ4n) is 2.18. The number of carbonyl (C=O) groups is 1. The molecule has 0 aliphatic carbocycles. The van der Waals surface area contributed by atoms with Crippen LogP contribution in [0.2, 0.25) is 0 Å². The van der Waals surface area contributed by atoms with Gasteiger partial charge in [-0.15, -0.1) is 23.2 Å². The van der Waals surface area contributed by atoms with E-state index in [-0.39, 0.29) is 11.7 Å². The largest absolute Gasteiger partial charge is 0.369 e. The van der Waals surface area contributed by atoms with E-state index in [1.807, 2.05) is 17.0 Å². The molecule has 0 aliphatic heterocycles. The van der Waals surface area contributed by atoms with Gasteiger partial charge in [0.05, 0.1) is 6.21 Å². The van der Waals surface area contributed by atoms with Crippen molar-refractivity contribution in [3.05, 3.63) is 65.5 Å². The van der Waals surface area contributed by atoms with E-state index in [9.17, 15) is 9.18 Å². The minimum absolute atomic E-state index is 0.321. The predicted octanol–water partition coefficient (Wildman–Crippen LogP) is 3.87. The molecule has 0 atom stereocenters. The Hall–Kier alpha value is -2.11. The maximum Gasteiger partial charge on any atom is 0.271 e. The van der Waals surface area contributed by atoms with Crippen LogP contribution in [-0.4, -0.2) is 37.0 Å². The summed E-state index contributed by atoms with van der Waals surface area (Å²) in [4.78, 5) is 14.1. The highest BCUT2D eigenvalue weighted by molar-refractivity contribution is 6.18. The van der Waals surface area contributed by atoms with Crippen molar-refractivity contribution in [1.82, 2.24) is 5.43 Å². The Kier molecular flexibility index (Phi) is 7.70. The smallest absolute Gasteiger partial charge is 0.271 e. The van der Waals surface area contributed by atoms with Gasteiger partial charge in [0.2, 0.25) is 0 Å². The van der Waals surface area contributed by atoms with Gasteiger partial charge in [-0.1, -0.05) is 12.1 Å². The van der Waals surface area contributed by atoms with Crippen LogP contribution < -0.4 is 10.3 Å². The third-order valence-corrected chi connectivity index (χ3v) is 3.79. The number of hydrogen-bond donors (Lipinski definition) is 1.